The maximum Gasteiger partial charge on any atom is 0.243 e. The van der Waals surface area contributed by atoms with E-state index < -0.39 is 10.0 Å². The van der Waals surface area contributed by atoms with E-state index in [1.165, 1.54) is 4.31 Å². The fourth-order valence-electron chi connectivity index (χ4n) is 2.43. The molecule has 1 saturated heterocycles. The zero-order chi connectivity index (χ0) is 14.9. The minimum absolute atomic E-state index is 0.321. The van der Waals surface area contributed by atoms with Crippen LogP contribution in [-0.4, -0.2) is 46.1 Å². The molecule has 112 valence electrons. The minimum Gasteiger partial charge on any atom is -0.497 e. The molecule has 0 aliphatic carbocycles. The molecular weight excluding hydrogens is 290 g/mol. The Morgan fingerprint density at radius 1 is 1.05 bits per heavy atom. The van der Waals surface area contributed by atoms with Gasteiger partial charge in [0.05, 0.1) is 25.2 Å². The van der Waals surface area contributed by atoms with Gasteiger partial charge < -0.3 is 9.47 Å². The van der Waals surface area contributed by atoms with Crippen LogP contribution < -0.4 is 4.74 Å². The van der Waals surface area contributed by atoms with E-state index >= 15 is 0 Å². The minimum atomic E-state index is -3.45. The number of rotatable bonds is 3. The molecule has 1 aliphatic rings. The zero-order valence-electron chi connectivity index (χ0n) is 11.8. The molecule has 0 amide bonds. The van der Waals surface area contributed by atoms with Crippen molar-refractivity contribution in [3.63, 3.8) is 0 Å². The van der Waals surface area contributed by atoms with Crippen molar-refractivity contribution in [2.45, 2.75) is 4.90 Å². The molecule has 0 bridgehead atoms. The maximum absolute atomic E-state index is 12.6. The number of sulfonamides is 1. The molecule has 2 aromatic carbocycles. The van der Waals surface area contributed by atoms with Crippen molar-refractivity contribution in [3.8, 4) is 5.75 Å². The van der Waals surface area contributed by atoms with Gasteiger partial charge in [-0.2, -0.15) is 4.31 Å². The maximum atomic E-state index is 12.6. The Labute approximate surface area is 124 Å². The first-order valence-electron chi connectivity index (χ1n) is 6.77. The van der Waals surface area contributed by atoms with Crippen LogP contribution in [0.3, 0.4) is 0 Å². The van der Waals surface area contributed by atoms with Gasteiger partial charge in [-0.25, -0.2) is 8.42 Å². The van der Waals surface area contributed by atoms with Crippen molar-refractivity contribution in [1.82, 2.24) is 4.31 Å². The average Bonchev–Trinajstić information content (AvgIpc) is 2.54. The number of fused-ring (bicyclic) bond motifs is 1. The summed E-state index contributed by atoms with van der Waals surface area (Å²) in [6.07, 6.45) is 0. The predicted molar refractivity (Wildman–Crippen MR) is 80.1 cm³/mol. The van der Waals surface area contributed by atoms with Crippen molar-refractivity contribution in [3.05, 3.63) is 36.4 Å². The molecular formula is C15H17NO4S. The number of benzene rings is 2. The molecule has 5 nitrogen and oxygen atoms in total. The first-order valence-corrected chi connectivity index (χ1v) is 8.21. The Bertz CT molecular complexity index is 751. The van der Waals surface area contributed by atoms with E-state index in [4.69, 9.17) is 9.47 Å². The molecule has 0 radical (unpaired) electrons. The molecule has 1 fully saturated rings. The highest BCUT2D eigenvalue weighted by molar-refractivity contribution is 7.89. The Morgan fingerprint density at radius 3 is 2.43 bits per heavy atom. The van der Waals surface area contributed by atoms with Crippen LogP contribution in [0.25, 0.3) is 10.8 Å². The summed E-state index contributed by atoms with van der Waals surface area (Å²) in [6.45, 7) is 1.71. The first kappa shape index (κ1) is 14.3. The van der Waals surface area contributed by atoms with E-state index in [2.05, 4.69) is 0 Å². The molecule has 0 spiro atoms. The van der Waals surface area contributed by atoms with E-state index in [1.54, 1.807) is 19.2 Å². The Balaban J connectivity index is 2.00. The molecule has 0 aromatic heterocycles. The summed E-state index contributed by atoms with van der Waals surface area (Å²) in [4.78, 5) is 0.321. The van der Waals surface area contributed by atoms with Gasteiger partial charge in [0.2, 0.25) is 10.0 Å². The number of hydrogen-bond acceptors (Lipinski definition) is 4. The quantitative estimate of drug-likeness (QED) is 0.868. The second-order valence-electron chi connectivity index (χ2n) is 4.89. The van der Waals surface area contributed by atoms with Crippen LogP contribution in [0, 0.1) is 0 Å². The Hall–Kier alpha value is -1.63. The van der Waals surface area contributed by atoms with Crippen LogP contribution >= 0.6 is 0 Å². The van der Waals surface area contributed by atoms with E-state index in [0.717, 1.165) is 16.5 Å². The van der Waals surface area contributed by atoms with Crippen LogP contribution in [0.1, 0.15) is 0 Å². The number of ether oxygens (including phenoxy) is 2. The van der Waals surface area contributed by atoms with Crippen molar-refractivity contribution in [1.29, 1.82) is 0 Å². The monoisotopic (exact) mass is 307 g/mol. The Morgan fingerprint density at radius 2 is 1.71 bits per heavy atom. The third-order valence-electron chi connectivity index (χ3n) is 3.63. The summed E-state index contributed by atoms with van der Waals surface area (Å²) in [5.41, 5.74) is 0. The molecule has 0 atom stereocenters. The number of methoxy groups -OCH3 is 1. The van der Waals surface area contributed by atoms with Gasteiger partial charge in [0, 0.05) is 13.1 Å². The number of hydrogen-bond donors (Lipinski definition) is 0. The lowest BCUT2D eigenvalue weighted by atomic mass is 10.1. The van der Waals surface area contributed by atoms with Crippen molar-refractivity contribution < 1.29 is 17.9 Å². The molecule has 0 saturated carbocycles. The molecule has 1 heterocycles. The van der Waals surface area contributed by atoms with Gasteiger partial charge in [-0.05, 0) is 35.0 Å². The number of morpholine rings is 1. The first-order chi connectivity index (χ1) is 10.1. The van der Waals surface area contributed by atoms with Crippen molar-refractivity contribution >= 4 is 20.8 Å². The lowest BCUT2D eigenvalue weighted by Gasteiger charge is -2.26. The highest BCUT2D eigenvalue weighted by atomic mass is 32.2. The van der Waals surface area contributed by atoms with Gasteiger partial charge in [-0.3, -0.25) is 0 Å². The third-order valence-corrected chi connectivity index (χ3v) is 5.52. The van der Waals surface area contributed by atoms with Gasteiger partial charge >= 0.3 is 0 Å². The van der Waals surface area contributed by atoms with Gasteiger partial charge in [0.15, 0.2) is 0 Å². The zero-order valence-corrected chi connectivity index (χ0v) is 12.6. The number of nitrogens with zero attached hydrogens (tertiary/aromatic N) is 1. The van der Waals surface area contributed by atoms with Gasteiger partial charge in [0.25, 0.3) is 0 Å². The average molecular weight is 307 g/mol. The topological polar surface area (TPSA) is 55.8 Å². The van der Waals surface area contributed by atoms with E-state index in [-0.39, 0.29) is 0 Å². The second-order valence-corrected chi connectivity index (χ2v) is 6.83. The predicted octanol–water partition coefficient (Wildman–Crippen LogP) is 1.87. The van der Waals surface area contributed by atoms with Crippen molar-refractivity contribution in [2.24, 2.45) is 0 Å². The van der Waals surface area contributed by atoms with E-state index in [0.29, 0.717) is 31.2 Å². The van der Waals surface area contributed by atoms with E-state index in [1.807, 2.05) is 24.3 Å². The smallest absolute Gasteiger partial charge is 0.243 e. The summed E-state index contributed by atoms with van der Waals surface area (Å²) >= 11 is 0. The fraction of sp³-hybridized carbons (Fsp3) is 0.333. The van der Waals surface area contributed by atoms with Gasteiger partial charge in [-0.15, -0.1) is 0 Å². The highest BCUT2D eigenvalue weighted by Crippen LogP contribution is 2.25. The fourth-order valence-corrected chi connectivity index (χ4v) is 3.87. The molecule has 0 unspecified atom stereocenters. The van der Waals surface area contributed by atoms with Crippen LogP contribution in [0.2, 0.25) is 0 Å². The molecule has 6 heteroatoms. The van der Waals surface area contributed by atoms with E-state index in [9.17, 15) is 8.42 Å². The third kappa shape index (κ3) is 2.74. The van der Waals surface area contributed by atoms with Gasteiger partial charge in [0.1, 0.15) is 5.75 Å². The molecule has 3 rings (SSSR count). The largest absolute Gasteiger partial charge is 0.497 e. The summed E-state index contributed by atoms with van der Waals surface area (Å²) in [7, 11) is -1.84. The lowest BCUT2D eigenvalue weighted by Crippen LogP contribution is -2.40. The summed E-state index contributed by atoms with van der Waals surface area (Å²) in [6, 6.07) is 10.7. The normalized spacial score (nSPS) is 17.0. The van der Waals surface area contributed by atoms with Crippen LogP contribution in [0.4, 0.5) is 0 Å². The molecule has 2 aromatic rings. The highest BCUT2D eigenvalue weighted by Gasteiger charge is 2.26. The van der Waals surface area contributed by atoms with Gasteiger partial charge in [-0.1, -0.05) is 12.1 Å². The summed E-state index contributed by atoms with van der Waals surface area (Å²) < 4.78 is 37.1. The molecule has 0 N–H and O–H groups in total. The second kappa shape index (κ2) is 5.63. The summed E-state index contributed by atoms with van der Waals surface area (Å²) in [5, 5.41) is 1.83. The van der Waals surface area contributed by atoms with Crippen LogP contribution in [0.15, 0.2) is 41.3 Å². The molecule has 21 heavy (non-hydrogen) atoms. The summed E-state index contributed by atoms with van der Waals surface area (Å²) in [5.74, 6) is 0.756. The standard InChI is InChI=1S/C15H17NO4S/c1-19-14-4-2-13-11-15(5-3-12(13)10-14)21(17,18)16-6-8-20-9-7-16/h2-5,10-11H,6-9H2,1H3. The molecule has 1 aliphatic heterocycles. The van der Waals surface area contributed by atoms with Crippen molar-refractivity contribution in [2.75, 3.05) is 33.4 Å². The lowest BCUT2D eigenvalue weighted by molar-refractivity contribution is 0.0730. The van der Waals surface area contributed by atoms with Crippen LogP contribution in [0.5, 0.6) is 5.75 Å². The SMILES string of the molecule is COc1ccc2cc(S(=O)(=O)N3CCOCC3)ccc2c1. The Kier molecular flexibility index (Phi) is 3.84. The van der Waals surface area contributed by atoms with Crippen LogP contribution in [-0.2, 0) is 14.8 Å².